The Morgan fingerprint density at radius 1 is 1.55 bits per heavy atom. The average Bonchev–Trinajstić information content (AvgIpc) is 2.29. The van der Waals surface area contributed by atoms with Crippen LogP contribution in [0.1, 0.15) is 20.8 Å². The molecule has 0 aliphatic heterocycles. The van der Waals surface area contributed by atoms with Crippen molar-refractivity contribution < 1.29 is 19.0 Å². The van der Waals surface area contributed by atoms with Crippen molar-refractivity contribution in [1.29, 1.82) is 0 Å². The number of ether oxygens (including phenoxy) is 1. The van der Waals surface area contributed by atoms with Crippen LogP contribution in [-0.4, -0.2) is 41.2 Å². The normalized spacial score (nSPS) is 12.9. The molecular formula is C14H19BrFNO3. The van der Waals surface area contributed by atoms with E-state index in [4.69, 9.17) is 4.74 Å². The van der Waals surface area contributed by atoms with Gasteiger partial charge in [-0.1, -0.05) is 0 Å². The van der Waals surface area contributed by atoms with Crippen LogP contribution in [0.4, 0.5) is 4.39 Å². The molecule has 1 aromatic carbocycles. The van der Waals surface area contributed by atoms with E-state index in [1.807, 2.05) is 0 Å². The summed E-state index contributed by atoms with van der Waals surface area (Å²) in [5, 5.41) is 9.70. The van der Waals surface area contributed by atoms with E-state index in [1.54, 1.807) is 27.8 Å². The van der Waals surface area contributed by atoms with E-state index in [2.05, 4.69) is 15.9 Å². The summed E-state index contributed by atoms with van der Waals surface area (Å²) in [6.07, 6.45) is -0.732. The van der Waals surface area contributed by atoms with Crippen molar-refractivity contribution in [2.45, 2.75) is 32.5 Å². The molecule has 0 saturated carbocycles. The molecular weight excluding hydrogens is 329 g/mol. The lowest BCUT2D eigenvalue weighted by atomic mass is 10.1. The first kappa shape index (κ1) is 16.9. The van der Waals surface area contributed by atoms with E-state index in [9.17, 15) is 14.3 Å². The number of likely N-dealkylation sites (N-methyl/N-ethyl adjacent to an activating group) is 1. The van der Waals surface area contributed by atoms with Crippen LogP contribution in [-0.2, 0) is 4.79 Å². The van der Waals surface area contributed by atoms with Crippen LogP contribution in [0.15, 0.2) is 22.7 Å². The summed E-state index contributed by atoms with van der Waals surface area (Å²) >= 11 is 3.18. The number of nitrogens with zero attached hydrogens (tertiary/aromatic N) is 1. The van der Waals surface area contributed by atoms with Gasteiger partial charge in [0.2, 0.25) is 0 Å². The second-order valence-electron chi connectivity index (χ2n) is 5.34. The second-order valence-corrected chi connectivity index (χ2v) is 6.20. The minimum Gasteiger partial charge on any atom is -0.480 e. The highest BCUT2D eigenvalue weighted by atomic mass is 79.9. The summed E-state index contributed by atoms with van der Waals surface area (Å²) < 4.78 is 18.9. The molecule has 1 aromatic rings. The SMILES string of the molecule is CC(Oc1ccc(F)cc1Br)C(=O)N(C)CC(C)(C)O. The van der Waals surface area contributed by atoms with Gasteiger partial charge in [-0.25, -0.2) is 4.39 Å². The molecule has 1 rings (SSSR count). The van der Waals surface area contributed by atoms with E-state index in [0.29, 0.717) is 10.2 Å². The van der Waals surface area contributed by atoms with Gasteiger partial charge in [0, 0.05) is 13.6 Å². The van der Waals surface area contributed by atoms with Crippen LogP contribution in [0, 0.1) is 5.82 Å². The van der Waals surface area contributed by atoms with Crippen LogP contribution in [0.2, 0.25) is 0 Å². The fourth-order valence-electron chi connectivity index (χ4n) is 1.78. The standard InChI is InChI=1S/C14H19BrFNO3/c1-9(13(18)17(4)8-14(2,3)19)20-12-6-5-10(16)7-11(12)15/h5-7,9,19H,8H2,1-4H3. The van der Waals surface area contributed by atoms with Crippen LogP contribution in [0.3, 0.4) is 0 Å². The summed E-state index contributed by atoms with van der Waals surface area (Å²) in [4.78, 5) is 13.5. The van der Waals surface area contributed by atoms with Gasteiger partial charge in [0.15, 0.2) is 6.10 Å². The van der Waals surface area contributed by atoms with E-state index >= 15 is 0 Å². The number of carbonyl (C=O) groups is 1. The molecule has 20 heavy (non-hydrogen) atoms. The smallest absolute Gasteiger partial charge is 0.263 e. The molecule has 6 heteroatoms. The number of hydrogen-bond acceptors (Lipinski definition) is 3. The maximum absolute atomic E-state index is 13.0. The molecule has 4 nitrogen and oxygen atoms in total. The second kappa shape index (κ2) is 6.54. The lowest BCUT2D eigenvalue weighted by molar-refractivity contribution is -0.139. The van der Waals surface area contributed by atoms with Crippen molar-refractivity contribution in [1.82, 2.24) is 4.90 Å². The Hall–Kier alpha value is -1.14. The van der Waals surface area contributed by atoms with Crippen LogP contribution in [0.25, 0.3) is 0 Å². The molecule has 0 bridgehead atoms. The van der Waals surface area contributed by atoms with Crippen LogP contribution >= 0.6 is 15.9 Å². The van der Waals surface area contributed by atoms with E-state index in [0.717, 1.165) is 0 Å². The van der Waals surface area contributed by atoms with Gasteiger partial charge in [0.05, 0.1) is 10.1 Å². The molecule has 0 aliphatic carbocycles. The summed E-state index contributed by atoms with van der Waals surface area (Å²) in [6.45, 7) is 5.06. The zero-order valence-corrected chi connectivity index (χ0v) is 13.6. The summed E-state index contributed by atoms with van der Waals surface area (Å²) in [5.41, 5.74) is -0.972. The third kappa shape index (κ3) is 5.09. The Balaban J connectivity index is 2.70. The lowest BCUT2D eigenvalue weighted by Gasteiger charge is -2.28. The summed E-state index contributed by atoms with van der Waals surface area (Å²) in [7, 11) is 1.60. The third-order valence-electron chi connectivity index (χ3n) is 2.55. The molecule has 1 amide bonds. The van der Waals surface area contributed by atoms with E-state index < -0.39 is 11.7 Å². The molecule has 1 unspecified atom stereocenters. The summed E-state index contributed by atoms with van der Waals surface area (Å²) in [5.74, 6) is -0.255. The minimum absolute atomic E-state index is 0.199. The highest BCUT2D eigenvalue weighted by Gasteiger charge is 2.24. The van der Waals surface area contributed by atoms with E-state index in [1.165, 1.54) is 23.1 Å². The predicted molar refractivity (Wildman–Crippen MR) is 78.1 cm³/mol. The molecule has 0 aliphatic rings. The molecule has 0 radical (unpaired) electrons. The monoisotopic (exact) mass is 347 g/mol. The molecule has 0 aromatic heterocycles. The number of benzene rings is 1. The molecule has 112 valence electrons. The van der Waals surface area contributed by atoms with Gasteiger partial charge in [-0.2, -0.15) is 0 Å². The van der Waals surface area contributed by atoms with Crippen LogP contribution < -0.4 is 4.74 Å². The highest BCUT2D eigenvalue weighted by molar-refractivity contribution is 9.10. The topological polar surface area (TPSA) is 49.8 Å². The lowest BCUT2D eigenvalue weighted by Crippen LogP contribution is -2.44. The Morgan fingerprint density at radius 2 is 2.15 bits per heavy atom. The van der Waals surface area contributed by atoms with Crippen LogP contribution in [0.5, 0.6) is 5.75 Å². The van der Waals surface area contributed by atoms with Crippen molar-refractivity contribution in [3.05, 3.63) is 28.5 Å². The van der Waals surface area contributed by atoms with Gasteiger partial charge in [0.1, 0.15) is 11.6 Å². The van der Waals surface area contributed by atoms with Gasteiger partial charge >= 0.3 is 0 Å². The number of aliphatic hydroxyl groups is 1. The van der Waals surface area contributed by atoms with Gasteiger partial charge in [-0.3, -0.25) is 4.79 Å². The first-order valence-electron chi connectivity index (χ1n) is 6.19. The minimum atomic E-state index is -0.972. The average molecular weight is 348 g/mol. The molecule has 0 heterocycles. The molecule has 0 spiro atoms. The molecule has 1 N–H and O–H groups in total. The van der Waals surface area contributed by atoms with Crippen molar-refractivity contribution in [2.75, 3.05) is 13.6 Å². The quantitative estimate of drug-likeness (QED) is 0.890. The van der Waals surface area contributed by atoms with Crippen molar-refractivity contribution >= 4 is 21.8 Å². The predicted octanol–water partition coefficient (Wildman–Crippen LogP) is 2.58. The maximum Gasteiger partial charge on any atom is 0.263 e. The Bertz CT molecular complexity index is 488. The van der Waals surface area contributed by atoms with Crippen molar-refractivity contribution in [3.63, 3.8) is 0 Å². The van der Waals surface area contributed by atoms with Crippen molar-refractivity contribution in [3.8, 4) is 5.75 Å². The first-order valence-corrected chi connectivity index (χ1v) is 6.98. The Labute approximate surface area is 126 Å². The number of halogens is 2. The zero-order chi connectivity index (χ0) is 15.5. The molecule has 1 atom stereocenters. The fraction of sp³-hybridized carbons (Fsp3) is 0.500. The first-order chi connectivity index (χ1) is 9.10. The fourth-order valence-corrected chi connectivity index (χ4v) is 2.22. The molecule has 0 saturated heterocycles. The van der Waals surface area contributed by atoms with Gasteiger partial charge < -0.3 is 14.7 Å². The largest absolute Gasteiger partial charge is 0.480 e. The van der Waals surface area contributed by atoms with Gasteiger partial charge in [-0.05, 0) is 54.9 Å². The summed E-state index contributed by atoms with van der Waals surface area (Å²) in [6, 6.07) is 3.99. The van der Waals surface area contributed by atoms with Gasteiger partial charge in [0.25, 0.3) is 5.91 Å². The Kier molecular flexibility index (Phi) is 5.53. The molecule has 0 fully saturated rings. The number of amides is 1. The number of carbonyl (C=O) groups excluding carboxylic acids is 1. The maximum atomic E-state index is 13.0. The Morgan fingerprint density at radius 3 is 2.65 bits per heavy atom. The third-order valence-corrected chi connectivity index (χ3v) is 3.17. The van der Waals surface area contributed by atoms with E-state index in [-0.39, 0.29) is 18.3 Å². The van der Waals surface area contributed by atoms with Gasteiger partial charge in [-0.15, -0.1) is 0 Å². The number of hydrogen-bond donors (Lipinski definition) is 1. The highest BCUT2D eigenvalue weighted by Crippen LogP contribution is 2.26. The number of rotatable bonds is 5. The zero-order valence-electron chi connectivity index (χ0n) is 12.0. The van der Waals surface area contributed by atoms with Crippen molar-refractivity contribution in [2.24, 2.45) is 0 Å².